The summed E-state index contributed by atoms with van der Waals surface area (Å²) in [5.41, 5.74) is 0.968. The first-order chi connectivity index (χ1) is 12.2. The molecule has 1 fully saturated rings. The summed E-state index contributed by atoms with van der Waals surface area (Å²) in [7, 11) is 1.77. The lowest BCUT2D eigenvalue weighted by atomic mass is 10.2. The van der Waals surface area contributed by atoms with Gasteiger partial charge in [0.2, 0.25) is 0 Å². The molecule has 0 aromatic carbocycles. The molecule has 5 nitrogen and oxygen atoms in total. The maximum atomic E-state index is 12.9. The molecule has 25 heavy (non-hydrogen) atoms. The van der Waals surface area contributed by atoms with Gasteiger partial charge in [-0.25, -0.2) is 9.97 Å². The Morgan fingerprint density at radius 2 is 2.16 bits per heavy atom. The molecular formula is C16H12N4OS4. The third-order valence-electron chi connectivity index (χ3n) is 4.11. The smallest absolute Gasteiger partial charge is 0.263 e. The second kappa shape index (κ2) is 6.01. The first-order valence-corrected chi connectivity index (χ1v) is 11.1. The second-order valence-corrected chi connectivity index (χ2v) is 9.63. The fraction of sp³-hybridized carbons (Fsp3) is 0.250. The lowest BCUT2D eigenvalue weighted by Crippen LogP contribution is -2.19. The largest absolute Gasteiger partial charge is 0.290 e. The van der Waals surface area contributed by atoms with Crippen LogP contribution in [-0.2, 0) is 7.05 Å². The van der Waals surface area contributed by atoms with Gasteiger partial charge in [0, 0.05) is 28.8 Å². The Bertz CT molecular complexity index is 1120. The first-order valence-electron chi connectivity index (χ1n) is 7.74. The molecule has 0 aliphatic heterocycles. The molecule has 0 spiro atoms. The molecule has 5 rings (SSSR count). The van der Waals surface area contributed by atoms with Gasteiger partial charge in [0.25, 0.3) is 5.56 Å². The summed E-state index contributed by atoms with van der Waals surface area (Å²) in [5.74, 6) is 1.48. The Morgan fingerprint density at radius 1 is 1.28 bits per heavy atom. The summed E-state index contributed by atoms with van der Waals surface area (Å²) in [4.78, 5) is 24.1. The van der Waals surface area contributed by atoms with Gasteiger partial charge in [-0.05, 0) is 47.6 Å². The van der Waals surface area contributed by atoms with E-state index < -0.39 is 0 Å². The van der Waals surface area contributed by atoms with Gasteiger partial charge >= 0.3 is 0 Å². The fourth-order valence-electron chi connectivity index (χ4n) is 2.60. The van der Waals surface area contributed by atoms with Gasteiger partial charge in [0.05, 0.1) is 5.39 Å². The van der Waals surface area contributed by atoms with Crippen LogP contribution in [0.15, 0.2) is 37.2 Å². The molecule has 0 atom stereocenters. The van der Waals surface area contributed by atoms with Crippen LogP contribution in [0, 0.1) is 0 Å². The fourth-order valence-corrected chi connectivity index (χ4v) is 6.05. The van der Waals surface area contributed by atoms with Crippen LogP contribution in [0.4, 0.5) is 0 Å². The highest BCUT2D eigenvalue weighted by atomic mass is 32.2. The average Bonchev–Trinajstić information content (AvgIpc) is 3.04. The van der Waals surface area contributed by atoms with Crippen LogP contribution in [0.2, 0.25) is 0 Å². The molecule has 1 aliphatic carbocycles. The maximum absolute atomic E-state index is 12.9. The van der Waals surface area contributed by atoms with E-state index in [4.69, 9.17) is 4.98 Å². The highest BCUT2D eigenvalue weighted by Gasteiger charge is 2.28. The van der Waals surface area contributed by atoms with Crippen molar-refractivity contribution in [2.75, 3.05) is 0 Å². The molecule has 0 unspecified atom stereocenters. The van der Waals surface area contributed by atoms with Crippen molar-refractivity contribution in [1.82, 2.24) is 18.9 Å². The molecule has 1 aliphatic rings. The molecule has 0 amide bonds. The molecular weight excluding hydrogens is 392 g/mol. The lowest BCUT2D eigenvalue weighted by molar-refractivity contribution is 0.728. The summed E-state index contributed by atoms with van der Waals surface area (Å²) >= 11 is 5.96. The number of rotatable bonds is 4. The zero-order valence-electron chi connectivity index (χ0n) is 13.1. The Balaban J connectivity index is 1.57. The first kappa shape index (κ1) is 15.7. The summed E-state index contributed by atoms with van der Waals surface area (Å²) in [6, 6.07) is 4.04. The van der Waals surface area contributed by atoms with Gasteiger partial charge < -0.3 is 0 Å². The Labute approximate surface area is 159 Å². The van der Waals surface area contributed by atoms with E-state index in [1.54, 1.807) is 23.0 Å². The lowest BCUT2D eigenvalue weighted by Gasteiger charge is -2.05. The standard InChI is InChI=1S/C16H12N4OS4/c1-20-14(21)11-9(10-3-2-6-22-10)7-23-13(11)18-15(20)24-16-17-12(19-25-16)8-4-5-8/h2-3,6-8H,4-5H2,1H3. The van der Waals surface area contributed by atoms with Crippen molar-refractivity contribution in [3.8, 4) is 10.4 Å². The molecule has 0 N–H and O–H groups in total. The van der Waals surface area contributed by atoms with E-state index in [9.17, 15) is 4.79 Å². The van der Waals surface area contributed by atoms with E-state index in [1.165, 1.54) is 47.5 Å². The van der Waals surface area contributed by atoms with Crippen LogP contribution in [0.5, 0.6) is 0 Å². The van der Waals surface area contributed by atoms with Gasteiger partial charge in [0.15, 0.2) is 9.50 Å². The van der Waals surface area contributed by atoms with Crippen LogP contribution >= 0.6 is 46.0 Å². The van der Waals surface area contributed by atoms with Crippen molar-refractivity contribution in [3.63, 3.8) is 0 Å². The van der Waals surface area contributed by atoms with Crippen LogP contribution in [0.1, 0.15) is 24.6 Å². The van der Waals surface area contributed by atoms with Crippen molar-refractivity contribution in [3.05, 3.63) is 39.1 Å². The average molecular weight is 405 g/mol. The summed E-state index contributed by atoms with van der Waals surface area (Å²) in [6.07, 6.45) is 2.37. The van der Waals surface area contributed by atoms with Gasteiger partial charge in [-0.15, -0.1) is 22.7 Å². The minimum absolute atomic E-state index is 0.0101. The molecule has 4 aromatic heterocycles. The zero-order valence-corrected chi connectivity index (χ0v) is 16.4. The zero-order chi connectivity index (χ0) is 17.0. The van der Waals surface area contributed by atoms with Gasteiger partial charge in [-0.3, -0.25) is 9.36 Å². The molecule has 126 valence electrons. The van der Waals surface area contributed by atoms with Crippen molar-refractivity contribution >= 4 is 56.2 Å². The quantitative estimate of drug-likeness (QED) is 0.465. The monoisotopic (exact) mass is 404 g/mol. The summed E-state index contributed by atoms with van der Waals surface area (Å²) < 4.78 is 6.89. The highest BCUT2D eigenvalue weighted by molar-refractivity contribution is 8.00. The second-order valence-electron chi connectivity index (χ2n) is 5.86. The van der Waals surface area contributed by atoms with Crippen LogP contribution in [-0.4, -0.2) is 18.9 Å². The van der Waals surface area contributed by atoms with Crippen LogP contribution in [0.25, 0.3) is 20.7 Å². The van der Waals surface area contributed by atoms with Crippen molar-refractivity contribution in [1.29, 1.82) is 0 Å². The van der Waals surface area contributed by atoms with Crippen LogP contribution in [0.3, 0.4) is 0 Å². The number of aromatic nitrogens is 4. The Morgan fingerprint density at radius 3 is 2.92 bits per heavy atom. The molecule has 0 saturated heterocycles. The Hall–Kier alpha value is -1.55. The number of fused-ring (bicyclic) bond motifs is 1. The van der Waals surface area contributed by atoms with E-state index in [2.05, 4.69) is 9.36 Å². The molecule has 0 bridgehead atoms. The summed E-state index contributed by atoms with van der Waals surface area (Å²) in [5, 5.41) is 5.41. The van der Waals surface area contributed by atoms with E-state index in [0.717, 1.165) is 25.4 Å². The Kier molecular flexibility index (Phi) is 3.77. The van der Waals surface area contributed by atoms with E-state index >= 15 is 0 Å². The molecule has 4 heterocycles. The van der Waals surface area contributed by atoms with Crippen molar-refractivity contribution < 1.29 is 0 Å². The predicted molar refractivity (Wildman–Crippen MR) is 104 cm³/mol. The molecule has 9 heteroatoms. The number of nitrogens with zero attached hydrogens (tertiary/aromatic N) is 4. The number of hydrogen-bond donors (Lipinski definition) is 0. The molecule has 4 aromatic rings. The SMILES string of the molecule is Cn1c(Sc2nc(C3CC3)ns2)nc2scc(-c3cccs3)c2c1=O. The maximum Gasteiger partial charge on any atom is 0.263 e. The number of thiophene rings is 2. The molecule has 0 radical (unpaired) electrons. The minimum Gasteiger partial charge on any atom is -0.290 e. The third kappa shape index (κ3) is 2.75. The minimum atomic E-state index is -0.0101. The van der Waals surface area contributed by atoms with Crippen LogP contribution < -0.4 is 5.56 Å². The van der Waals surface area contributed by atoms with Crippen molar-refractivity contribution in [2.45, 2.75) is 28.3 Å². The predicted octanol–water partition coefficient (Wildman–Crippen LogP) is 4.60. The van der Waals surface area contributed by atoms with E-state index in [-0.39, 0.29) is 5.56 Å². The topological polar surface area (TPSA) is 60.7 Å². The van der Waals surface area contributed by atoms with Crippen molar-refractivity contribution in [2.24, 2.45) is 7.05 Å². The van der Waals surface area contributed by atoms with Gasteiger partial charge in [0.1, 0.15) is 10.7 Å². The molecule has 1 saturated carbocycles. The normalized spacial score (nSPS) is 14.4. The van der Waals surface area contributed by atoms with Gasteiger partial charge in [-0.1, -0.05) is 6.07 Å². The van der Waals surface area contributed by atoms with E-state index in [0.29, 0.717) is 16.5 Å². The van der Waals surface area contributed by atoms with Gasteiger partial charge in [-0.2, -0.15) is 4.37 Å². The number of hydrogen-bond acceptors (Lipinski definition) is 8. The highest BCUT2D eigenvalue weighted by Crippen LogP contribution is 2.40. The summed E-state index contributed by atoms with van der Waals surface area (Å²) in [6.45, 7) is 0. The third-order valence-corrected chi connectivity index (χ3v) is 7.69. The van der Waals surface area contributed by atoms with E-state index in [1.807, 2.05) is 22.9 Å².